The molecular formula is C14H12F2N2O. The molecular weight excluding hydrogens is 250 g/mol. The van der Waals surface area contributed by atoms with E-state index in [2.05, 4.69) is 0 Å². The van der Waals surface area contributed by atoms with Gasteiger partial charge in [-0.15, -0.1) is 0 Å². The van der Waals surface area contributed by atoms with Crippen LogP contribution in [-0.2, 0) is 6.61 Å². The summed E-state index contributed by atoms with van der Waals surface area (Å²) in [4.78, 5) is 0. The van der Waals surface area contributed by atoms with Crippen molar-refractivity contribution in [1.82, 2.24) is 0 Å². The second-order valence-corrected chi connectivity index (χ2v) is 3.96. The zero-order valence-corrected chi connectivity index (χ0v) is 9.99. The van der Waals surface area contributed by atoms with Gasteiger partial charge in [0.25, 0.3) is 0 Å². The van der Waals surface area contributed by atoms with Gasteiger partial charge in [-0.1, -0.05) is 12.1 Å². The Balaban J connectivity index is 2.07. The normalized spacial score (nSPS) is 10.2. The number of nitrogens with two attached hydrogens (primary N) is 1. The summed E-state index contributed by atoms with van der Waals surface area (Å²) in [7, 11) is 0. The molecule has 0 atom stereocenters. The summed E-state index contributed by atoms with van der Waals surface area (Å²) in [5.74, 6) is -0.583. The third-order valence-electron chi connectivity index (χ3n) is 2.57. The van der Waals surface area contributed by atoms with Gasteiger partial charge in [0.15, 0.2) is 0 Å². The lowest BCUT2D eigenvalue weighted by Crippen LogP contribution is -2.12. The number of ether oxygens (including phenoxy) is 1. The first-order chi connectivity index (χ1) is 9.06. The fourth-order valence-corrected chi connectivity index (χ4v) is 1.52. The van der Waals surface area contributed by atoms with Crippen molar-refractivity contribution in [3.8, 4) is 5.75 Å². The summed E-state index contributed by atoms with van der Waals surface area (Å²) in [6.07, 6.45) is 0. The highest BCUT2D eigenvalue weighted by molar-refractivity contribution is 5.94. The monoisotopic (exact) mass is 262 g/mol. The van der Waals surface area contributed by atoms with Crippen molar-refractivity contribution < 1.29 is 13.5 Å². The van der Waals surface area contributed by atoms with Crippen molar-refractivity contribution in [3.63, 3.8) is 0 Å². The van der Waals surface area contributed by atoms with Crippen LogP contribution >= 0.6 is 0 Å². The molecule has 0 saturated carbocycles. The molecule has 0 aromatic heterocycles. The number of nitrogens with one attached hydrogen (secondary N) is 1. The summed E-state index contributed by atoms with van der Waals surface area (Å²) in [5.41, 5.74) is 5.93. The third-order valence-corrected chi connectivity index (χ3v) is 2.57. The van der Waals surface area contributed by atoms with E-state index >= 15 is 0 Å². The number of hydrogen-bond donors (Lipinski definition) is 2. The van der Waals surface area contributed by atoms with Gasteiger partial charge in [-0.25, -0.2) is 8.78 Å². The zero-order chi connectivity index (χ0) is 13.8. The zero-order valence-electron chi connectivity index (χ0n) is 9.99. The predicted molar refractivity (Wildman–Crippen MR) is 68.1 cm³/mol. The Morgan fingerprint density at radius 3 is 2.37 bits per heavy atom. The quantitative estimate of drug-likeness (QED) is 0.657. The SMILES string of the molecule is N=C(N)c1ccc(COc2ccc(F)cc2)c(F)c1. The minimum atomic E-state index is -0.491. The van der Waals surface area contributed by atoms with E-state index < -0.39 is 5.82 Å². The van der Waals surface area contributed by atoms with E-state index in [1.807, 2.05) is 0 Å². The second kappa shape index (κ2) is 5.48. The molecule has 0 bridgehead atoms. The van der Waals surface area contributed by atoms with Crippen LogP contribution in [0.15, 0.2) is 42.5 Å². The Bertz CT molecular complexity index is 597. The van der Waals surface area contributed by atoms with Gasteiger partial charge in [0.1, 0.15) is 29.8 Å². The van der Waals surface area contributed by atoms with Crippen LogP contribution in [-0.4, -0.2) is 5.84 Å². The first kappa shape index (κ1) is 13.0. The molecule has 0 aliphatic carbocycles. The Morgan fingerprint density at radius 1 is 1.11 bits per heavy atom. The topological polar surface area (TPSA) is 59.1 Å². The molecule has 0 aliphatic heterocycles. The van der Waals surface area contributed by atoms with Gasteiger partial charge in [0, 0.05) is 11.1 Å². The first-order valence-corrected chi connectivity index (χ1v) is 5.57. The number of benzene rings is 2. The number of halogens is 2. The summed E-state index contributed by atoms with van der Waals surface area (Å²) in [5, 5.41) is 7.20. The maximum Gasteiger partial charge on any atom is 0.130 e. The van der Waals surface area contributed by atoms with Crippen LogP contribution in [0, 0.1) is 17.0 Å². The lowest BCUT2D eigenvalue weighted by molar-refractivity contribution is 0.299. The lowest BCUT2D eigenvalue weighted by atomic mass is 10.1. The molecule has 0 radical (unpaired) electrons. The van der Waals surface area contributed by atoms with Crippen molar-refractivity contribution in [3.05, 3.63) is 65.2 Å². The largest absolute Gasteiger partial charge is 0.489 e. The molecule has 2 aromatic carbocycles. The molecule has 98 valence electrons. The van der Waals surface area contributed by atoms with Crippen molar-refractivity contribution in [1.29, 1.82) is 5.41 Å². The molecule has 5 heteroatoms. The highest BCUT2D eigenvalue weighted by Crippen LogP contribution is 2.16. The van der Waals surface area contributed by atoms with Crippen molar-refractivity contribution >= 4 is 5.84 Å². The molecule has 0 unspecified atom stereocenters. The van der Waals surface area contributed by atoms with Gasteiger partial charge in [-0.05, 0) is 30.3 Å². The van der Waals surface area contributed by atoms with Crippen LogP contribution in [0.25, 0.3) is 0 Å². The van der Waals surface area contributed by atoms with E-state index in [4.69, 9.17) is 15.9 Å². The number of rotatable bonds is 4. The Kier molecular flexibility index (Phi) is 3.75. The van der Waals surface area contributed by atoms with Gasteiger partial charge < -0.3 is 10.5 Å². The number of hydrogen-bond acceptors (Lipinski definition) is 2. The van der Waals surface area contributed by atoms with E-state index in [9.17, 15) is 8.78 Å². The summed E-state index contributed by atoms with van der Waals surface area (Å²) in [6.45, 7) is 0.0235. The third kappa shape index (κ3) is 3.28. The van der Waals surface area contributed by atoms with Crippen molar-refractivity contribution in [2.24, 2.45) is 5.73 Å². The van der Waals surface area contributed by atoms with Gasteiger partial charge in [0.2, 0.25) is 0 Å². The van der Waals surface area contributed by atoms with Crippen molar-refractivity contribution in [2.75, 3.05) is 0 Å². The Morgan fingerprint density at radius 2 is 1.79 bits per heavy atom. The van der Waals surface area contributed by atoms with Crippen LogP contribution in [0.4, 0.5) is 8.78 Å². The minimum Gasteiger partial charge on any atom is -0.489 e. The Hall–Kier alpha value is -2.43. The van der Waals surface area contributed by atoms with E-state index in [-0.39, 0.29) is 18.3 Å². The van der Waals surface area contributed by atoms with Gasteiger partial charge in [0.05, 0.1) is 0 Å². The van der Waals surface area contributed by atoms with E-state index in [1.165, 1.54) is 36.4 Å². The maximum absolute atomic E-state index is 13.7. The average molecular weight is 262 g/mol. The van der Waals surface area contributed by atoms with Crippen LogP contribution in [0.5, 0.6) is 5.75 Å². The maximum atomic E-state index is 13.7. The first-order valence-electron chi connectivity index (χ1n) is 5.57. The molecule has 0 amide bonds. The van der Waals surface area contributed by atoms with E-state index in [0.29, 0.717) is 16.9 Å². The van der Waals surface area contributed by atoms with E-state index in [1.54, 1.807) is 6.07 Å². The van der Waals surface area contributed by atoms with Crippen LogP contribution in [0.3, 0.4) is 0 Å². The average Bonchev–Trinajstić information content (AvgIpc) is 2.39. The molecule has 0 saturated heterocycles. The standard InChI is InChI=1S/C14H12F2N2O/c15-11-3-5-12(6-4-11)19-8-10-2-1-9(14(17)18)7-13(10)16/h1-7H,8H2,(H3,17,18). The molecule has 3 N–H and O–H groups in total. The molecule has 19 heavy (non-hydrogen) atoms. The minimum absolute atomic E-state index is 0.0235. The smallest absolute Gasteiger partial charge is 0.130 e. The molecule has 3 nitrogen and oxygen atoms in total. The van der Waals surface area contributed by atoms with E-state index in [0.717, 1.165) is 0 Å². The summed E-state index contributed by atoms with van der Waals surface area (Å²) >= 11 is 0. The fraction of sp³-hybridized carbons (Fsp3) is 0.0714. The predicted octanol–water partition coefficient (Wildman–Crippen LogP) is 2.83. The number of nitrogen functional groups attached to an aromatic ring is 1. The lowest BCUT2D eigenvalue weighted by Gasteiger charge is -2.08. The molecule has 0 fully saturated rings. The van der Waals surface area contributed by atoms with Gasteiger partial charge in [-0.2, -0.15) is 0 Å². The molecule has 0 aliphatic rings. The Labute approximate surface area is 109 Å². The van der Waals surface area contributed by atoms with Gasteiger partial charge in [-0.3, -0.25) is 5.41 Å². The molecule has 0 heterocycles. The van der Waals surface area contributed by atoms with Crippen molar-refractivity contribution in [2.45, 2.75) is 6.61 Å². The molecule has 2 rings (SSSR count). The van der Waals surface area contributed by atoms with Crippen LogP contribution in [0.2, 0.25) is 0 Å². The van der Waals surface area contributed by atoms with Crippen LogP contribution < -0.4 is 10.5 Å². The van der Waals surface area contributed by atoms with Crippen LogP contribution in [0.1, 0.15) is 11.1 Å². The highest BCUT2D eigenvalue weighted by Gasteiger charge is 2.06. The fourth-order valence-electron chi connectivity index (χ4n) is 1.52. The second-order valence-electron chi connectivity index (χ2n) is 3.96. The summed E-state index contributed by atoms with van der Waals surface area (Å²) in [6, 6.07) is 9.72. The van der Waals surface area contributed by atoms with Gasteiger partial charge >= 0.3 is 0 Å². The highest BCUT2D eigenvalue weighted by atomic mass is 19.1. The molecule has 0 spiro atoms. The number of amidine groups is 1. The molecule has 2 aromatic rings. The summed E-state index contributed by atoms with van der Waals surface area (Å²) < 4.78 is 31.7.